The maximum atomic E-state index is 9.33. The molecule has 0 radical (unpaired) electrons. The molecule has 0 unspecified atom stereocenters. The van der Waals surface area contributed by atoms with Crippen LogP contribution in [-0.2, 0) is 5.41 Å². The molecule has 0 N–H and O–H groups in total. The Hall–Kier alpha value is -7.43. The summed E-state index contributed by atoms with van der Waals surface area (Å²) in [6.45, 7) is 4.46. The third-order valence-electron chi connectivity index (χ3n) is 11.3. The number of hydrogen-bond acceptors (Lipinski definition) is 3. The van der Waals surface area contributed by atoms with Crippen LogP contribution in [0.15, 0.2) is 194 Å². The second-order valence-electron chi connectivity index (χ2n) is 15.1. The van der Waals surface area contributed by atoms with E-state index in [0.29, 0.717) is 22.9 Å². The van der Waals surface area contributed by atoms with E-state index < -0.39 is 48.3 Å². The van der Waals surface area contributed by atoms with E-state index in [2.05, 4.69) is 56.3 Å². The number of nitrogens with zero attached hydrogens (tertiary/aromatic N) is 4. The highest BCUT2D eigenvalue weighted by Crippen LogP contribution is 2.49. The van der Waals surface area contributed by atoms with Gasteiger partial charge < -0.3 is 4.57 Å². The highest BCUT2D eigenvalue weighted by Gasteiger charge is 2.35. The van der Waals surface area contributed by atoms with Gasteiger partial charge in [-0.1, -0.05) is 177 Å². The fraction of sp³-hybridized carbons (Fsp3) is 0.0556. The van der Waals surface area contributed by atoms with Crippen molar-refractivity contribution in [1.82, 2.24) is 19.5 Å². The van der Waals surface area contributed by atoms with Crippen LogP contribution in [0.1, 0.15) is 35.9 Å². The van der Waals surface area contributed by atoms with Crippen LogP contribution in [0.2, 0.25) is 0 Å². The summed E-state index contributed by atoms with van der Waals surface area (Å²) in [5, 5.41) is -0.0353. The lowest BCUT2D eigenvalue weighted by atomic mass is 9.82. The second-order valence-corrected chi connectivity index (χ2v) is 15.1. The lowest BCUT2D eigenvalue weighted by molar-refractivity contribution is 0.660. The third-order valence-corrected chi connectivity index (χ3v) is 11.3. The summed E-state index contributed by atoms with van der Waals surface area (Å²) in [5.74, 6) is 1.03. The van der Waals surface area contributed by atoms with Crippen LogP contribution in [0.4, 0.5) is 0 Å². The lowest BCUT2D eigenvalue weighted by Gasteiger charge is -2.21. The van der Waals surface area contributed by atoms with Crippen molar-refractivity contribution in [3.8, 4) is 73.2 Å². The number of fused-ring (bicyclic) bond motifs is 6. The molecular weight excluding hydrogens is 705 g/mol. The summed E-state index contributed by atoms with van der Waals surface area (Å²) in [5.41, 5.74) is 10.4. The van der Waals surface area contributed by atoms with E-state index in [0.717, 1.165) is 44.5 Å². The monoisotopic (exact) mass is 750 g/mol. The van der Waals surface area contributed by atoms with Crippen molar-refractivity contribution < 1.29 is 11.0 Å². The van der Waals surface area contributed by atoms with Gasteiger partial charge in [0.05, 0.1) is 27.7 Å². The smallest absolute Gasteiger partial charge is 0.166 e. The molecule has 4 nitrogen and oxygen atoms in total. The number of para-hydroxylation sites is 2. The maximum Gasteiger partial charge on any atom is 0.166 e. The Morgan fingerprint density at radius 2 is 0.914 bits per heavy atom. The first-order chi connectivity index (χ1) is 31.8. The molecule has 58 heavy (non-hydrogen) atoms. The Labute approximate surface area is 349 Å². The van der Waals surface area contributed by atoms with Crippen molar-refractivity contribution in [3.05, 3.63) is 205 Å². The van der Waals surface area contributed by atoms with Gasteiger partial charge in [0, 0.05) is 32.9 Å². The van der Waals surface area contributed by atoms with Crippen molar-refractivity contribution >= 4 is 21.8 Å². The van der Waals surface area contributed by atoms with E-state index in [1.165, 1.54) is 15.7 Å². The predicted octanol–water partition coefficient (Wildman–Crippen LogP) is 13.6. The zero-order valence-electron chi connectivity index (χ0n) is 39.6. The van der Waals surface area contributed by atoms with Crippen LogP contribution in [0.3, 0.4) is 0 Å². The minimum atomic E-state index is -0.511. The van der Waals surface area contributed by atoms with Gasteiger partial charge in [-0.25, -0.2) is 15.0 Å². The van der Waals surface area contributed by atoms with Crippen molar-refractivity contribution in [1.29, 1.82) is 0 Å². The first kappa shape index (κ1) is 26.4. The van der Waals surface area contributed by atoms with Gasteiger partial charge in [-0.3, -0.25) is 0 Å². The average Bonchev–Trinajstić information content (AvgIpc) is 3.83. The SMILES string of the molecule is [2H]c1c([2H])c([2H])c2c(c1[2H])c1c([2H])c([2H])c([2H])c([2H])c1n2-c1cc(-c2ccccc2)ccc1-c1nc(-c2ccc(-c3ccccc3)cc2)nc(-c2ccc3c(c2)-c2ccccc2C3(C)C)n1. The lowest BCUT2D eigenvalue weighted by Crippen LogP contribution is -2.14. The molecule has 0 fully saturated rings. The van der Waals surface area contributed by atoms with Crippen LogP contribution in [-0.4, -0.2) is 19.5 Å². The topological polar surface area (TPSA) is 43.6 Å². The molecule has 0 saturated heterocycles. The van der Waals surface area contributed by atoms with Crippen LogP contribution < -0.4 is 0 Å². The summed E-state index contributed by atoms with van der Waals surface area (Å²) in [7, 11) is 0. The molecule has 8 aromatic carbocycles. The molecule has 0 aliphatic heterocycles. The van der Waals surface area contributed by atoms with E-state index in [-0.39, 0.29) is 33.0 Å². The van der Waals surface area contributed by atoms with Gasteiger partial charge in [0.15, 0.2) is 17.5 Å². The molecule has 10 aromatic rings. The summed E-state index contributed by atoms with van der Waals surface area (Å²) in [6, 6.07) is 44.5. The van der Waals surface area contributed by atoms with E-state index in [1.807, 2.05) is 103 Å². The second kappa shape index (κ2) is 13.4. The molecular formula is C54H38N4. The zero-order valence-corrected chi connectivity index (χ0v) is 31.6. The number of benzene rings is 8. The molecule has 0 spiro atoms. The van der Waals surface area contributed by atoms with E-state index in [9.17, 15) is 2.74 Å². The molecule has 0 saturated carbocycles. The Bertz CT molecular complexity index is 3570. The van der Waals surface area contributed by atoms with Gasteiger partial charge in [-0.05, 0) is 74.8 Å². The molecule has 0 amide bonds. The van der Waals surface area contributed by atoms with Crippen molar-refractivity contribution in [2.24, 2.45) is 0 Å². The van der Waals surface area contributed by atoms with E-state index >= 15 is 0 Å². The molecule has 2 aromatic heterocycles. The Morgan fingerprint density at radius 3 is 1.60 bits per heavy atom. The van der Waals surface area contributed by atoms with E-state index in [4.69, 9.17) is 23.2 Å². The minimum absolute atomic E-state index is 0.000340. The molecule has 0 bridgehead atoms. The molecule has 274 valence electrons. The van der Waals surface area contributed by atoms with Crippen molar-refractivity contribution in [2.45, 2.75) is 19.3 Å². The highest BCUT2D eigenvalue weighted by atomic mass is 15.1. The average molecular weight is 751 g/mol. The van der Waals surface area contributed by atoms with Gasteiger partial charge in [-0.15, -0.1) is 0 Å². The molecule has 4 heteroatoms. The number of rotatable bonds is 6. The Kier molecular flexibility index (Phi) is 6.09. The summed E-state index contributed by atoms with van der Waals surface area (Å²) in [6.07, 6.45) is 0. The molecule has 11 rings (SSSR count). The fourth-order valence-corrected chi connectivity index (χ4v) is 8.43. The number of hydrogen-bond donors (Lipinski definition) is 0. The van der Waals surface area contributed by atoms with Crippen molar-refractivity contribution in [3.63, 3.8) is 0 Å². The molecule has 0 atom stereocenters. The van der Waals surface area contributed by atoms with Crippen LogP contribution in [0.25, 0.3) is 95.0 Å². The first-order valence-electron chi connectivity index (χ1n) is 23.2. The summed E-state index contributed by atoms with van der Waals surface area (Å²) >= 11 is 0. The minimum Gasteiger partial charge on any atom is -0.308 e. The van der Waals surface area contributed by atoms with Gasteiger partial charge in [0.25, 0.3) is 0 Å². The largest absolute Gasteiger partial charge is 0.308 e. The Morgan fingerprint density at radius 1 is 0.414 bits per heavy atom. The van der Waals surface area contributed by atoms with Crippen LogP contribution in [0.5, 0.6) is 0 Å². The standard InChI is InChI=1S/C54H38N4/c1-54(2)46-22-12-9-19-41(46)45-33-40(30-32-47(45)54)52-55-51(38-27-25-37(26-28-38)35-15-5-3-6-16-35)56-53(57-52)44-31-29-39(36-17-7-4-8-18-36)34-50(44)58-48-23-13-10-20-42(48)43-21-11-14-24-49(43)58/h3-34H,1-2H3/i10D,11D,13D,14D,20D,21D,23D,24D. The predicted molar refractivity (Wildman–Crippen MR) is 239 cm³/mol. The first-order valence-corrected chi connectivity index (χ1v) is 19.2. The maximum absolute atomic E-state index is 9.33. The van der Waals surface area contributed by atoms with Gasteiger partial charge >= 0.3 is 0 Å². The quantitative estimate of drug-likeness (QED) is 0.170. The van der Waals surface area contributed by atoms with E-state index in [1.54, 1.807) is 0 Å². The highest BCUT2D eigenvalue weighted by molar-refractivity contribution is 6.09. The van der Waals surface area contributed by atoms with Gasteiger partial charge in [-0.2, -0.15) is 0 Å². The third kappa shape index (κ3) is 5.48. The number of aromatic nitrogens is 4. The molecule has 1 aliphatic carbocycles. The fourth-order valence-electron chi connectivity index (χ4n) is 8.43. The Balaban J connectivity index is 1.23. The van der Waals surface area contributed by atoms with Crippen LogP contribution in [0, 0.1) is 0 Å². The summed E-state index contributed by atoms with van der Waals surface area (Å²) in [4.78, 5) is 15.5. The molecule has 1 aliphatic rings. The van der Waals surface area contributed by atoms with Crippen LogP contribution >= 0.6 is 0 Å². The molecule has 2 heterocycles. The van der Waals surface area contributed by atoms with Crippen molar-refractivity contribution in [2.75, 3.05) is 0 Å². The normalized spacial score (nSPS) is 14.7. The zero-order chi connectivity index (χ0) is 45.8. The van der Waals surface area contributed by atoms with Gasteiger partial charge in [0.1, 0.15) is 0 Å². The summed E-state index contributed by atoms with van der Waals surface area (Å²) < 4.78 is 73.4. The van der Waals surface area contributed by atoms with Gasteiger partial charge in [0.2, 0.25) is 0 Å².